The molecule has 3 heterocycles. The number of halogens is 5. The molecule has 3 aliphatic heterocycles. The summed E-state index contributed by atoms with van der Waals surface area (Å²) in [6, 6.07) is 3.11. The molecule has 2 saturated heterocycles. The maximum Gasteiger partial charge on any atom is 0.310 e. The smallest absolute Gasteiger partial charge is 0.310 e. The Hall–Kier alpha value is -1.70. The van der Waals surface area contributed by atoms with Gasteiger partial charge in [-0.25, -0.2) is 5.06 Å². The molecule has 1 N–H and O–H groups in total. The van der Waals surface area contributed by atoms with E-state index >= 15 is 0 Å². The van der Waals surface area contributed by atoms with Gasteiger partial charge < -0.3 is 13.9 Å². The van der Waals surface area contributed by atoms with Crippen LogP contribution in [-0.4, -0.2) is 43.5 Å². The van der Waals surface area contributed by atoms with Crippen molar-refractivity contribution in [2.24, 2.45) is 11.3 Å². The van der Waals surface area contributed by atoms with Gasteiger partial charge in [-0.1, -0.05) is 72.6 Å². The highest BCUT2D eigenvalue weighted by atomic mass is 32.5. The Bertz CT molecular complexity index is 1500. The van der Waals surface area contributed by atoms with Gasteiger partial charge in [0.25, 0.3) is 0 Å². The molecule has 0 amide bonds. The second kappa shape index (κ2) is 10.2. The van der Waals surface area contributed by atoms with Crippen LogP contribution in [0.25, 0.3) is 0 Å². The van der Waals surface area contributed by atoms with Crippen LogP contribution in [-0.2, 0) is 13.9 Å². The lowest BCUT2D eigenvalue weighted by Crippen LogP contribution is -2.50. The van der Waals surface area contributed by atoms with E-state index in [1.807, 2.05) is 20.0 Å². The Labute approximate surface area is 270 Å². The maximum absolute atomic E-state index is 13.7. The summed E-state index contributed by atoms with van der Waals surface area (Å²) in [5, 5.41) is 12.9. The van der Waals surface area contributed by atoms with Crippen LogP contribution in [0.3, 0.4) is 0 Å². The van der Waals surface area contributed by atoms with Gasteiger partial charge in [0.1, 0.15) is 11.0 Å². The Morgan fingerprint density at radius 1 is 0.978 bits per heavy atom. The lowest BCUT2D eigenvalue weighted by Gasteiger charge is -2.52. The SMILES string of the molecule is CC(C)C1=C2C(=C3C(=CN1O)CC1(CCC1)CC3O[Si](C)(C)C(C)(C)C)C1(CCOCC1)OC2c1ccc(S(F)(F)(F)(F)F)cc1. The summed E-state index contributed by atoms with van der Waals surface area (Å²) in [7, 11) is -12.2. The van der Waals surface area contributed by atoms with E-state index in [9.17, 15) is 24.6 Å². The van der Waals surface area contributed by atoms with Crippen molar-refractivity contribution >= 4 is 18.5 Å². The minimum absolute atomic E-state index is 0.0580. The van der Waals surface area contributed by atoms with Crippen molar-refractivity contribution in [2.75, 3.05) is 13.2 Å². The topological polar surface area (TPSA) is 51.2 Å². The molecule has 2 unspecified atom stereocenters. The quantitative estimate of drug-likeness (QED) is 0.246. The van der Waals surface area contributed by atoms with Gasteiger partial charge in [0.05, 0.1) is 17.4 Å². The van der Waals surface area contributed by atoms with Crippen molar-refractivity contribution in [3.05, 3.63) is 64.0 Å². The minimum Gasteiger partial charge on any atom is -0.410 e. The van der Waals surface area contributed by atoms with E-state index in [0.29, 0.717) is 55.0 Å². The summed E-state index contributed by atoms with van der Waals surface area (Å²) in [6.07, 6.45) is 6.66. The maximum atomic E-state index is 13.7. The highest BCUT2D eigenvalue weighted by Crippen LogP contribution is 3.02. The van der Waals surface area contributed by atoms with Crippen LogP contribution in [0.4, 0.5) is 19.4 Å². The normalized spacial score (nSPS) is 28.0. The Morgan fingerprint density at radius 2 is 1.59 bits per heavy atom. The zero-order valence-electron chi connectivity index (χ0n) is 27.9. The summed E-state index contributed by atoms with van der Waals surface area (Å²) < 4.78 is 88.7. The Balaban J connectivity index is 1.60. The third-order valence-electron chi connectivity index (χ3n) is 11.4. The monoisotopic (exact) mass is 689 g/mol. The molecule has 1 aromatic rings. The van der Waals surface area contributed by atoms with E-state index < -0.39 is 35.1 Å². The van der Waals surface area contributed by atoms with Gasteiger partial charge in [0.2, 0.25) is 0 Å². The summed E-state index contributed by atoms with van der Waals surface area (Å²) in [5.41, 5.74) is 3.78. The second-order valence-corrected chi connectivity index (χ2v) is 23.2. The lowest BCUT2D eigenvalue weighted by atomic mass is 9.57. The number of hydroxylamine groups is 2. The van der Waals surface area contributed by atoms with Crippen molar-refractivity contribution in [1.82, 2.24) is 5.06 Å². The molecule has 2 atom stereocenters. The van der Waals surface area contributed by atoms with Crippen molar-refractivity contribution in [3.63, 3.8) is 0 Å². The first-order valence-electron chi connectivity index (χ1n) is 16.4. The number of nitrogens with zero attached hydrogens (tertiary/aromatic N) is 1. The summed E-state index contributed by atoms with van der Waals surface area (Å²) >= 11 is 0. The third kappa shape index (κ3) is 5.82. The fraction of sp³-hybridized carbons (Fsp3) is 0.647. The number of allylic oxidation sites excluding steroid dienone is 1. The van der Waals surface area contributed by atoms with Gasteiger partial charge in [-0.05, 0) is 89.6 Å². The first kappa shape index (κ1) is 34.2. The molecule has 12 heteroatoms. The van der Waals surface area contributed by atoms with Crippen LogP contribution in [0.1, 0.15) is 91.2 Å². The molecule has 4 fully saturated rings. The molecule has 0 radical (unpaired) electrons. The molecule has 258 valence electrons. The third-order valence-corrected chi connectivity index (χ3v) is 17.0. The number of hydrogen-bond acceptors (Lipinski definition) is 5. The predicted molar refractivity (Wildman–Crippen MR) is 173 cm³/mol. The van der Waals surface area contributed by atoms with E-state index in [-0.39, 0.29) is 22.5 Å². The Morgan fingerprint density at radius 3 is 2.09 bits per heavy atom. The molecule has 6 rings (SSSR count). The number of benzene rings is 1. The highest BCUT2D eigenvalue weighted by molar-refractivity contribution is 8.45. The fourth-order valence-corrected chi connectivity index (χ4v) is 9.81. The number of ether oxygens (including phenoxy) is 2. The van der Waals surface area contributed by atoms with Crippen molar-refractivity contribution < 1.29 is 38.5 Å². The van der Waals surface area contributed by atoms with Crippen LogP contribution in [0.15, 0.2) is 63.4 Å². The van der Waals surface area contributed by atoms with E-state index in [4.69, 9.17) is 13.9 Å². The average molecular weight is 690 g/mol. The second-order valence-electron chi connectivity index (χ2n) is 16.0. The lowest BCUT2D eigenvalue weighted by molar-refractivity contribution is -0.0900. The molecule has 5 aliphatic rings. The molecule has 0 aromatic heterocycles. The molecular formula is C34H48F5NO4SSi. The molecular weight excluding hydrogens is 642 g/mol. The van der Waals surface area contributed by atoms with Crippen LogP contribution in [0, 0.1) is 11.3 Å². The fourth-order valence-electron chi connectivity index (χ4n) is 7.89. The van der Waals surface area contributed by atoms with Gasteiger partial charge in [-0.3, -0.25) is 5.21 Å². The highest BCUT2D eigenvalue weighted by Gasteiger charge is 2.65. The average Bonchev–Trinajstić information content (AvgIpc) is 3.10. The van der Waals surface area contributed by atoms with Gasteiger partial charge in [-0.2, -0.15) is 0 Å². The molecule has 1 aromatic carbocycles. The summed E-state index contributed by atoms with van der Waals surface area (Å²) in [5.74, 6) is -0.199. The molecule has 2 aliphatic carbocycles. The minimum atomic E-state index is -9.87. The van der Waals surface area contributed by atoms with E-state index in [2.05, 4.69) is 33.9 Å². The zero-order chi connectivity index (χ0) is 33.8. The molecule has 0 bridgehead atoms. The number of rotatable bonds is 5. The van der Waals surface area contributed by atoms with E-state index in [1.54, 1.807) is 0 Å². The van der Waals surface area contributed by atoms with Crippen molar-refractivity contribution in [2.45, 2.75) is 120 Å². The van der Waals surface area contributed by atoms with Crippen molar-refractivity contribution in [3.8, 4) is 0 Å². The van der Waals surface area contributed by atoms with Crippen LogP contribution in [0.5, 0.6) is 0 Å². The predicted octanol–water partition coefficient (Wildman–Crippen LogP) is 11.1. The molecule has 46 heavy (non-hydrogen) atoms. The summed E-state index contributed by atoms with van der Waals surface area (Å²) in [6.45, 7) is 15.9. The van der Waals surface area contributed by atoms with Crippen LogP contribution < -0.4 is 0 Å². The zero-order valence-corrected chi connectivity index (χ0v) is 29.7. The first-order chi connectivity index (χ1) is 21.0. The summed E-state index contributed by atoms with van der Waals surface area (Å²) in [4.78, 5) is -1.94. The van der Waals surface area contributed by atoms with E-state index in [0.717, 1.165) is 61.0 Å². The van der Waals surface area contributed by atoms with Gasteiger partial charge in [-0.15, -0.1) is 0 Å². The molecule has 5 nitrogen and oxygen atoms in total. The van der Waals surface area contributed by atoms with Gasteiger partial charge >= 0.3 is 10.2 Å². The number of hydrogen-bond donors (Lipinski definition) is 1. The molecule has 2 spiro atoms. The molecule has 2 saturated carbocycles. The van der Waals surface area contributed by atoms with E-state index in [1.165, 1.54) is 5.06 Å². The largest absolute Gasteiger partial charge is 0.410 e. The first-order valence-corrected chi connectivity index (χ1v) is 21.3. The Kier molecular flexibility index (Phi) is 7.55. The van der Waals surface area contributed by atoms with Crippen molar-refractivity contribution in [1.29, 1.82) is 0 Å². The van der Waals surface area contributed by atoms with Gasteiger partial charge in [0.15, 0.2) is 8.32 Å². The van der Waals surface area contributed by atoms with Gasteiger partial charge in [0, 0.05) is 37.8 Å². The standard InChI is InChI=1S/C34H48F5NO4SSi/c1-22(2)30-28-29(27-24(21-40(30)41)19-33(13-8-14-33)20-26(27)44-46(6,7)32(3,4)5)34(15-17-42-18-16-34)43-31(28)23-9-11-25(12-10-23)45(35,36,37,38)39/h9-12,21-22,26,31,41H,8,13-20H2,1-7H3. The van der Waals surface area contributed by atoms with Crippen LogP contribution in [0.2, 0.25) is 18.1 Å². The number of fused-ring (bicyclic) bond motifs is 3. The van der Waals surface area contributed by atoms with Crippen LogP contribution >= 0.6 is 10.2 Å².